The van der Waals surface area contributed by atoms with Gasteiger partial charge in [-0.05, 0) is 30.6 Å². The molecule has 3 heteroatoms. The lowest BCUT2D eigenvalue weighted by atomic mass is 9.82. The molecule has 1 aliphatic carbocycles. The molecule has 0 bridgehead atoms. The minimum atomic E-state index is -0.318. The van der Waals surface area contributed by atoms with Gasteiger partial charge in [-0.15, -0.1) is 0 Å². The normalized spacial score (nSPS) is 21.4. The molecule has 0 heterocycles. The van der Waals surface area contributed by atoms with E-state index in [-0.39, 0.29) is 23.4 Å². The third-order valence-electron chi connectivity index (χ3n) is 4.23. The Morgan fingerprint density at radius 3 is 2.28 bits per heavy atom. The summed E-state index contributed by atoms with van der Waals surface area (Å²) in [5.74, 6) is 0.430. The number of rotatable bonds is 4. The van der Waals surface area contributed by atoms with Gasteiger partial charge < -0.3 is 11.1 Å². The molecule has 1 saturated carbocycles. The van der Waals surface area contributed by atoms with Gasteiger partial charge in [0, 0.05) is 6.04 Å². The molecule has 1 fully saturated rings. The fraction of sp³-hybridized carbons (Fsp3) is 0.933. The van der Waals surface area contributed by atoms with Crippen LogP contribution in [0.3, 0.4) is 0 Å². The SMILES string of the molecule is CCC(NC(=O)[C@@H](N)C1CCCCC1)C(C)(C)C. The number of nitrogens with two attached hydrogens (primary N) is 1. The molecule has 0 aromatic rings. The number of hydrogen-bond donors (Lipinski definition) is 2. The molecule has 0 aromatic heterocycles. The van der Waals surface area contributed by atoms with E-state index >= 15 is 0 Å². The van der Waals surface area contributed by atoms with Crippen LogP contribution in [0.2, 0.25) is 0 Å². The van der Waals surface area contributed by atoms with Gasteiger partial charge in [-0.1, -0.05) is 47.0 Å². The summed E-state index contributed by atoms with van der Waals surface area (Å²) in [6.07, 6.45) is 6.92. The Morgan fingerprint density at radius 1 is 1.28 bits per heavy atom. The summed E-state index contributed by atoms with van der Waals surface area (Å²) in [4.78, 5) is 12.2. The summed E-state index contributed by atoms with van der Waals surface area (Å²) < 4.78 is 0. The maximum atomic E-state index is 12.2. The Balaban J connectivity index is 2.52. The first kappa shape index (κ1) is 15.5. The van der Waals surface area contributed by atoms with Crippen LogP contribution < -0.4 is 11.1 Å². The highest BCUT2D eigenvalue weighted by atomic mass is 16.2. The lowest BCUT2D eigenvalue weighted by Gasteiger charge is -2.33. The van der Waals surface area contributed by atoms with Crippen LogP contribution in [0.15, 0.2) is 0 Å². The van der Waals surface area contributed by atoms with Crippen molar-refractivity contribution in [2.75, 3.05) is 0 Å². The predicted molar refractivity (Wildman–Crippen MR) is 76.2 cm³/mol. The second kappa shape index (κ2) is 6.55. The monoisotopic (exact) mass is 254 g/mol. The van der Waals surface area contributed by atoms with E-state index < -0.39 is 0 Å². The summed E-state index contributed by atoms with van der Waals surface area (Å²) in [6, 6.07) is -0.110. The Labute approximate surface area is 112 Å². The van der Waals surface area contributed by atoms with E-state index in [1.165, 1.54) is 19.3 Å². The van der Waals surface area contributed by atoms with Crippen molar-refractivity contribution in [3.05, 3.63) is 0 Å². The van der Waals surface area contributed by atoms with E-state index in [0.717, 1.165) is 19.3 Å². The van der Waals surface area contributed by atoms with E-state index in [1.54, 1.807) is 0 Å². The summed E-state index contributed by atoms with van der Waals surface area (Å²) in [6.45, 7) is 8.59. The molecule has 0 radical (unpaired) electrons. The maximum absolute atomic E-state index is 12.2. The predicted octanol–water partition coefficient (Wildman–Crippen LogP) is 2.83. The summed E-state index contributed by atoms with van der Waals surface area (Å²) >= 11 is 0. The molecule has 0 aliphatic heterocycles. The Hall–Kier alpha value is -0.570. The van der Waals surface area contributed by atoms with E-state index in [0.29, 0.717) is 5.92 Å². The van der Waals surface area contributed by atoms with Crippen molar-refractivity contribution in [2.24, 2.45) is 17.1 Å². The van der Waals surface area contributed by atoms with Crippen molar-refractivity contribution in [1.29, 1.82) is 0 Å². The average Bonchev–Trinajstić information content (AvgIpc) is 2.34. The Kier molecular flexibility index (Phi) is 5.64. The fourth-order valence-corrected chi connectivity index (χ4v) is 2.91. The lowest BCUT2D eigenvalue weighted by molar-refractivity contribution is -0.125. The second-order valence-corrected chi connectivity index (χ2v) is 6.76. The zero-order valence-electron chi connectivity index (χ0n) is 12.5. The molecule has 3 N–H and O–H groups in total. The van der Waals surface area contributed by atoms with Gasteiger partial charge in [-0.2, -0.15) is 0 Å². The van der Waals surface area contributed by atoms with Gasteiger partial charge in [0.2, 0.25) is 5.91 Å². The van der Waals surface area contributed by atoms with Gasteiger partial charge in [0.15, 0.2) is 0 Å². The van der Waals surface area contributed by atoms with Crippen molar-refractivity contribution in [1.82, 2.24) is 5.32 Å². The fourth-order valence-electron chi connectivity index (χ4n) is 2.91. The Bertz CT molecular complexity index is 264. The van der Waals surface area contributed by atoms with Crippen molar-refractivity contribution < 1.29 is 4.79 Å². The smallest absolute Gasteiger partial charge is 0.237 e. The maximum Gasteiger partial charge on any atom is 0.237 e. The molecule has 1 aliphatic rings. The number of amides is 1. The van der Waals surface area contributed by atoms with Crippen LogP contribution in [0.5, 0.6) is 0 Å². The van der Waals surface area contributed by atoms with Gasteiger partial charge in [-0.25, -0.2) is 0 Å². The average molecular weight is 254 g/mol. The first-order valence-electron chi connectivity index (χ1n) is 7.42. The van der Waals surface area contributed by atoms with Crippen LogP contribution in [0, 0.1) is 11.3 Å². The van der Waals surface area contributed by atoms with Crippen molar-refractivity contribution >= 4 is 5.91 Å². The highest BCUT2D eigenvalue weighted by Crippen LogP contribution is 2.26. The van der Waals surface area contributed by atoms with Gasteiger partial charge in [0.05, 0.1) is 6.04 Å². The first-order chi connectivity index (χ1) is 8.36. The van der Waals surface area contributed by atoms with Crippen LogP contribution in [0.4, 0.5) is 0 Å². The van der Waals surface area contributed by atoms with E-state index in [4.69, 9.17) is 5.73 Å². The molecular weight excluding hydrogens is 224 g/mol. The molecule has 106 valence electrons. The number of hydrogen-bond acceptors (Lipinski definition) is 2. The molecule has 0 aromatic carbocycles. The molecule has 18 heavy (non-hydrogen) atoms. The van der Waals surface area contributed by atoms with E-state index in [9.17, 15) is 4.79 Å². The summed E-state index contributed by atoms with van der Waals surface area (Å²) in [5.41, 5.74) is 6.22. The molecular formula is C15H30N2O. The quantitative estimate of drug-likeness (QED) is 0.810. The van der Waals surface area contributed by atoms with E-state index in [2.05, 4.69) is 33.0 Å². The summed E-state index contributed by atoms with van der Waals surface area (Å²) in [7, 11) is 0. The third kappa shape index (κ3) is 4.27. The molecule has 1 rings (SSSR count). The topological polar surface area (TPSA) is 55.1 Å². The lowest BCUT2D eigenvalue weighted by Crippen LogP contribution is -2.52. The van der Waals surface area contributed by atoms with Gasteiger partial charge in [-0.3, -0.25) is 4.79 Å². The number of carbonyl (C=O) groups is 1. The highest BCUT2D eigenvalue weighted by molar-refractivity contribution is 5.82. The molecule has 1 unspecified atom stereocenters. The number of carbonyl (C=O) groups excluding carboxylic acids is 1. The van der Waals surface area contributed by atoms with Gasteiger partial charge in [0.25, 0.3) is 0 Å². The van der Waals surface area contributed by atoms with Crippen molar-refractivity contribution in [3.8, 4) is 0 Å². The minimum Gasteiger partial charge on any atom is -0.351 e. The zero-order valence-corrected chi connectivity index (χ0v) is 12.5. The minimum absolute atomic E-state index is 0.0451. The first-order valence-corrected chi connectivity index (χ1v) is 7.42. The van der Waals surface area contributed by atoms with Crippen molar-refractivity contribution in [3.63, 3.8) is 0 Å². The number of nitrogens with one attached hydrogen (secondary N) is 1. The molecule has 3 nitrogen and oxygen atoms in total. The zero-order chi connectivity index (χ0) is 13.8. The molecule has 1 amide bonds. The molecule has 2 atom stereocenters. The van der Waals surface area contributed by atoms with E-state index in [1.807, 2.05) is 0 Å². The van der Waals surface area contributed by atoms with Crippen LogP contribution >= 0.6 is 0 Å². The van der Waals surface area contributed by atoms with Crippen LogP contribution in [0.25, 0.3) is 0 Å². The van der Waals surface area contributed by atoms with Gasteiger partial charge in [0.1, 0.15) is 0 Å². The molecule has 0 spiro atoms. The summed E-state index contributed by atoms with van der Waals surface area (Å²) in [5, 5.41) is 3.14. The van der Waals surface area contributed by atoms with Crippen LogP contribution in [-0.2, 0) is 4.79 Å². The van der Waals surface area contributed by atoms with Crippen LogP contribution in [0.1, 0.15) is 66.2 Å². The highest BCUT2D eigenvalue weighted by Gasteiger charge is 2.30. The van der Waals surface area contributed by atoms with Crippen molar-refractivity contribution in [2.45, 2.75) is 78.3 Å². The van der Waals surface area contributed by atoms with Gasteiger partial charge >= 0.3 is 0 Å². The molecule has 0 saturated heterocycles. The van der Waals surface area contributed by atoms with Crippen LogP contribution in [-0.4, -0.2) is 18.0 Å². The largest absolute Gasteiger partial charge is 0.351 e. The third-order valence-corrected chi connectivity index (χ3v) is 4.23. The second-order valence-electron chi connectivity index (χ2n) is 6.76. The Morgan fingerprint density at radius 2 is 1.83 bits per heavy atom. The standard InChI is InChI=1S/C15H30N2O/c1-5-12(15(2,3)4)17-14(18)13(16)11-9-7-6-8-10-11/h11-13H,5-10,16H2,1-4H3,(H,17,18)/t12?,13-/m0/s1.